The van der Waals surface area contributed by atoms with Crippen molar-refractivity contribution in [2.24, 2.45) is 0 Å². The Hall–Kier alpha value is -3.32. The first kappa shape index (κ1) is 18.1. The molecule has 0 spiro atoms. The molecule has 0 radical (unpaired) electrons. The van der Waals surface area contributed by atoms with Crippen molar-refractivity contribution in [2.75, 3.05) is 0 Å². The van der Waals surface area contributed by atoms with Gasteiger partial charge in [0, 0.05) is 47.4 Å². The summed E-state index contributed by atoms with van der Waals surface area (Å²) in [7, 11) is 0. The minimum atomic E-state index is -0.180. The van der Waals surface area contributed by atoms with E-state index in [1.165, 1.54) is 0 Å². The smallest absolute Gasteiger partial charge is 0.253 e. The van der Waals surface area contributed by atoms with Crippen LogP contribution >= 0.6 is 11.3 Å². The van der Waals surface area contributed by atoms with E-state index in [9.17, 15) is 9.59 Å². The highest BCUT2D eigenvalue weighted by Gasteiger charge is 2.09. The topological polar surface area (TPSA) is 87.7 Å². The Morgan fingerprint density at radius 1 is 1.14 bits per heavy atom. The Labute approximate surface area is 165 Å². The summed E-state index contributed by atoms with van der Waals surface area (Å²) in [6, 6.07) is 13.2. The fraction of sp³-hybridized carbons (Fsp3) is 0.143. The Balaban J connectivity index is 1.34. The van der Waals surface area contributed by atoms with Gasteiger partial charge in [-0.15, -0.1) is 11.3 Å². The Morgan fingerprint density at radius 3 is 2.82 bits per heavy atom. The molecular formula is C21H18N4O2S. The zero-order valence-corrected chi connectivity index (χ0v) is 15.8. The number of aromatic nitrogens is 3. The summed E-state index contributed by atoms with van der Waals surface area (Å²) < 4.78 is 0. The number of thiazole rings is 1. The summed E-state index contributed by atoms with van der Waals surface area (Å²) in [5.41, 5.74) is 3.05. The van der Waals surface area contributed by atoms with Gasteiger partial charge in [-0.25, -0.2) is 4.98 Å². The molecule has 4 aromatic rings. The molecule has 0 fully saturated rings. The molecule has 1 amide bonds. The van der Waals surface area contributed by atoms with Crippen LogP contribution in [0.25, 0.3) is 21.5 Å². The third kappa shape index (κ3) is 4.15. The molecule has 7 heteroatoms. The van der Waals surface area contributed by atoms with Crippen LogP contribution in [0, 0.1) is 0 Å². The number of nitrogens with zero attached hydrogens (tertiary/aromatic N) is 2. The van der Waals surface area contributed by atoms with Crippen molar-refractivity contribution >= 4 is 28.1 Å². The van der Waals surface area contributed by atoms with E-state index in [0.29, 0.717) is 18.4 Å². The van der Waals surface area contributed by atoms with E-state index in [1.807, 2.05) is 47.8 Å². The molecule has 0 atom stereocenters. The summed E-state index contributed by atoms with van der Waals surface area (Å²) in [6.07, 6.45) is 4.35. The highest BCUT2D eigenvalue weighted by molar-refractivity contribution is 7.13. The maximum Gasteiger partial charge on any atom is 0.253 e. The summed E-state index contributed by atoms with van der Waals surface area (Å²) in [5.74, 6) is -0.106. The van der Waals surface area contributed by atoms with Gasteiger partial charge in [-0.3, -0.25) is 14.6 Å². The lowest BCUT2D eigenvalue weighted by molar-refractivity contribution is -0.121. The van der Waals surface area contributed by atoms with Crippen LogP contribution in [0.3, 0.4) is 0 Å². The monoisotopic (exact) mass is 390 g/mol. The number of amides is 1. The van der Waals surface area contributed by atoms with Crippen LogP contribution in [-0.2, 0) is 17.8 Å². The predicted molar refractivity (Wildman–Crippen MR) is 110 cm³/mol. The first-order chi connectivity index (χ1) is 13.7. The summed E-state index contributed by atoms with van der Waals surface area (Å²) in [4.78, 5) is 35.7. The molecule has 3 heterocycles. The van der Waals surface area contributed by atoms with Crippen LogP contribution in [0.15, 0.2) is 65.0 Å². The molecule has 0 aliphatic carbocycles. The molecular weight excluding hydrogens is 372 g/mol. The number of aryl methyl sites for hydroxylation is 1. The third-order valence-electron chi connectivity index (χ3n) is 4.39. The molecule has 0 aliphatic rings. The van der Waals surface area contributed by atoms with Gasteiger partial charge < -0.3 is 10.3 Å². The van der Waals surface area contributed by atoms with Crippen molar-refractivity contribution in [1.82, 2.24) is 20.3 Å². The van der Waals surface area contributed by atoms with Gasteiger partial charge in [0.2, 0.25) is 5.91 Å². The summed E-state index contributed by atoms with van der Waals surface area (Å²) >= 11 is 1.55. The van der Waals surface area contributed by atoms with E-state index < -0.39 is 0 Å². The molecule has 0 bridgehead atoms. The van der Waals surface area contributed by atoms with Crippen LogP contribution < -0.4 is 10.9 Å². The predicted octanol–water partition coefficient (Wildman–Crippen LogP) is 3.30. The third-order valence-corrected chi connectivity index (χ3v) is 5.33. The average Bonchev–Trinajstić information content (AvgIpc) is 3.20. The lowest BCUT2D eigenvalue weighted by atomic mass is 10.1. The molecule has 0 aliphatic heterocycles. The van der Waals surface area contributed by atoms with Gasteiger partial charge in [0.05, 0.1) is 5.69 Å². The number of carbonyl (C=O) groups excluding carboxylic acids is 1. The zero-order valence-electron chi connectivity index (χ0n) is 15.0. The molecule has 28 heavy (non-hydrogen) atoms. The lowest BCUT2D eigenvalue weighted by Gasteiger charge is -2.06. The molecule has 0 unspecified atom stereocenters. The number of carbonyl (C=O) groups is 1. The maximum atomic E-state index is 12.2. The molecule has 0 saturated carbocycles. The Kier molecular flexibility index (Phi) is 5.25. The second-order valence-corrected chi connectivity index (χ2v) is 7.23. The summed E-state index contributed by atoms with van der Waals surface area (Å²) in [5, 5.41) is 6.65. The van der Waals surface area contributed by atoms with Gasteiger partial charge in [0.1, 0.15) is 5.01 Å². The highest BCUT2D eigenvalue weighted by Crippen LogP contribution is 2.23. The molecule has 2 N–H and O–H groups in total. The van der Waals surface area contributed by atoms with Crippen LogP contribution in [0.5, 0.6) is 0 Å². The van der Waals surface area contributed by atoms with Crippen molar-refractivity contribution in [1.29, 1.82) is 0 Å². The molecule has 140 valence electrons. The molecule has 1 aromatic carbocycles. The van der Waals surface area contributed by atoms with Crippen LogP contribution in [-0.4, -0.2) is 20.9 Å². The van der Waals surface area contributed by atoms with E-state index in [-0.39, 0.29) is 18.0 Å². The Morgan fingerprint density at radius 2 is 1.96 bits per heavy atom. The van der Waals surface area contributed by atoms with Gasteiger partial charge >= 0.3 is 0 Å². The minimum absolute atomic E-state index is 0.106. The van der Waals surface area contributed by atoms with Gasteiger partial charge in [-0.2, -0.15) is 0 Å². The van der Waals surface area contributed by atoms with E-state index in [4.69, 9.17) is 0 Å². The first-order valence-electron chi connectivity index (χ1n) is 8.91. The van der Waals surface area contributed by atoms with E-state index >= 15 is 0 Å². The quantitative estimate of drug-likeness (QED) is 0.529. The molecule has 6 nitrogen and oxygen atoms in total. The van der Waals surface area contributed by atoms with Crippen molar-refractivity contribution < 1.29 is 4.79 Å². The maximum absolute atomic E-state index is 12.2. The zero-order chi connectivity index (χ0) is 19.3. The number of fused-ring (bicyclic) bond motifs is 1. The van der Waals surface area contributed by atoms with Gasteiger partial charge in [0.15, 0.2) is 0 Å². The molecule has 4 rings (SSSR count). The van der Waals surface area contributed by atoms with E-state index in [0.717, 1.165) is 27.2 Å². The SMILES string of the molecule is O=C(CCc1csc(-c2ccncc2)n1)NCc1cc2ccccc2[nH]c1=O. The van der Waals surface area contributed by atoms with Gasteiger partial charge in [-0.05, 0) is 36.1 Å². The lowest BCUT2D eigenvalue weighted by Crippen LogP contribution is -2.26. The number of hydrogen-bond donors (Lipinski definition) is 2. The Bertz CT molecular complexity index is 1170. The number of aromatic amines is 1. The fourth-order valence-corrected chi connectivity index (χ4v) is 3.76. The van der Waals surface area contributed by atoms with E-state index in [1.54, 1.807) is 23.7 Å². The first-order valence-corrected chi connectivity index (χ1v) is 9.79. The number of benzene rings is 1. The van der Waals surface area contributed by atoms with Crippen LogP contribution in [0.1, 0.15) is 17.7 Å². The van der Waals surface area contributed by atoms with Gasteiger partial charge in [0.25, 0.3) is 5.56 Å². The second kappa shape index (κ2) is 8.14. The summed E-state index contributed by atoms with van der Waals surface area (Å²) in [6.45, 7) is 0.207. The fourth-order valence-electron chi connectivity index (χ4n) is 2.90. The molecule has 0 saturated heterocycles. The van der Waals surface area contributed by atoms with Crippen molar-refractivity contribution in [3.63, 3.8) is 0 Å². The largest absolute Gasteiger partial charge is 0.352 e. The number of H-pyrrole nitrogens is 1. The van der Waals surface area contributed by atoms with Crippen molar-refractivity contribution in [2.45, 2.75) is 19.4 Å². The average molecular weight is 390 g/mol. The van der Waals surface area contributed by atoms with E-state index in [2.05, 4.69) is 20.3 Å². The number of pyridine rings is 2. The van der Waals surface area contributed by atoms with Crippen LogP contribution in [0.2, 0.25) is 0 Å². The van der Waals surface area contributed by atoms with Crippen LogP contribution in [0.4, 0.5) is 0 Å². The van der Waals surface area contributed by atoms with Gasteiger partial charge in [-0.1, -0.05) is 18.2 Å². The highest BCUT2D eigenvalue weighted by atomic mass is 32.1. The van der Waals surface area contributed by atoms with Crippen molar-refractivity contribution in [3.05, 3.63) is 81.8 Å². The number of para-hydroxylation sites is 1. The van der Waals surface area contributed by atoms with Crippen molar-refractivity contribution in [3.8, 4) is 10.6 Å². The minimum Gasteiger partial charge on any atom is -0.352 e. The molecule has 3 aromatic heterocycles. The standard InChI is InChI=1S/C21H18N4O2S/c26-19(6-5-17-13-28-21(24-17)14-7-9-22-10-8-14)23-12-16-11-15-3-1-2-4-18(15)25-20(16)27/h1-4,7-11,13H,5-6,12H2,(H,23,26)(H,25,27). The number of nitrogens with one attached hydrogen (secondary N) is 2. The number of hydrogen-bond acceptors (Lipinski definition) is 5. The second-order valence-electron chi connectivity index (χ2n) is 6.37. The number of rotatable bonds is 6. The normalized spacial score (nSPS) is 10.9.